The Morgan fingerprint density at radius 1 is 1.00 bits per heavy atom. The van der Waals surface area contributed by atoms with Crippen LogP contribution in [-0.4, -0.2) is 19.0 Å². The van der Waals surface area contributed by atoms with E-state index in [1.54, 1.807) is 24.3 Å². The van der Waals surface area contributed by atoms with E-state index in [0.717, 1.165) is 17.7 Å². The van der Waals surface area contributed by atoms with Crippen LogP contribution in [0.15, 0.2) is 48.5 Å². The molecule has 2 aromatic carbocycles. The molecule has 0 saturated carbocycles. The van der Waals surface area contributed by atoms with Crippen LogP contribution in [0.25, 0.3) is 0 Å². The molecule has 21 heavy (non-hydrogen) atoms. The lowest BCUT2D eigenvalue weighted by Crippen LogP contribution is -2.17. The predicted octanol–water partition coefficient (Wildman–Crippen LogP) is 3.29. The summed E-state index contributed by atoms with van der Waals surface area (Å²) in [6, 6.07) is 14.2. The average molecular weight is 283 g/mol. The molecule has 0 aromatic heterocycles. The second-order valence-electron chi connectivity index (χ2n) is 4.50. The van der Waals surface area contributed by atoms with Gasteiger partial charge in [-0.15, -0.1) is 0 Å². The minimum atomic E-state index is -0.524. The smallest absolute Gasteiger partial charge is 0.338 e. The molecule has 0 bridgehead atoms. The molecular weight excluding hydrogens is 266 g/mol. The van der Waals surface area contributed by atoms with Gasteiger partial charge >= 0.3 is 5.97 Å². The molecule has 0 atom stereocenters. The van der Waals surface area contributed by atoms with Gasteiger partial charge in [0.1, 0.15) is 0 Å². The second kappa shape index (κ2) is 6.70. The lowest BCUT2D eigenvalue weighted by atomic mass is 10.1. The van der Waals surface area contributed by atoms with Crippen LogP contribution in [0.1, 0.15) is 33.2 Å². The topological polar surface area (TPSA) is 55.4 Å². The summed E-state index contributed by atoms with van der Waals surface area (Å²) in [5.74, 6) is -0.846. The quantitative estimate of drug-likeness (QED) is 0.876. The van der Waals surface area contributed by atoms with Gasteiger partial charge in [-0.05, 0) is 30.2 Å². The number of hydrogen-bond acceptors (Lipinski definition) is 3. The molecule has 4 heteroatoms. The summed E-state index contributed by atoms with van der Waals surface area (Å²) >= 11 is 0. The zero-order chi connectivity index (χ0) is 15.2. The first-order valence-electron chi connectivity index (χ1n) is 6.74. The highest BCUT2D eigenvalue weighted by atomic mass is 16.5. The van der Waals surface area contributed by atoms with E-state index in [4.69, 9.17) is 4.74 Å². The Bertz CT molecular complexity index is 665. The van der Waals surface area contributed by atoms with Crippen LogP contribution < -0.4 is 5.32 Å². The van der Waals surface area contributed by atoms with Gasteiger partial charge in [-0.1, -0.05) is 37.3 Å². The van der Waals surface area contributed by atoms with E-state index in [9.17, 15) is 9.59 Å². The fourth-order valence-electron chi connectivity index (χ4n) is 2.11. The van der Waals surface area contributed by atoms with E-state index in [2.05, 4.69) is 5.32 Å². The highest BCUT2D eigenvalue weighted by Gasteiger charge is 2.17. The van der Waals surface area contributed by atoms with E-state index in [0.29, 0.717) is 5.56 Å². The molecule has 0 spiro atoms. The number of carbonyl (C=O) groups excluding carboxylic acids is 2. The highest BCUT2D eigenvalue weighted by molar-refractivity contribution is 6.11. The van der Waals surface area contributed by atoms with E-state index < -0.39 is 5.97 Å². The van der Waals surface area contributed by atoms with Crippen LogP contribution >= 0.6 is 0 Å². The van der Waals surface area contributed by atoms with Gasteiger partial charge in [0.25, 0.3) is 5.91 Å². The molecule has 0 radical (unpaired) electrons. The first-order valence-corrected chi connectivity index (χ1v) is 6.74. The number of nitrogens with one attached hydrogen (secondary N) is 1. The Balaban J connectivity index is 2.31. The van der Waals surface area contributed by atoms with Crippen LogP contribution in [-0.2, 0) is 11.2 Å². The summed E-state index contributed by atoms with van der Waals surface area (Å²) in [6.45, 7) is 2.02. The lowest BCUT2D eigenvalue weighted by molar-refractivity contribution is 0.0597. The van der Waals surface area contributed by atoms with Gasteiger partial charge in [0.05, 0.1) is 18.2 Å². The molecule has 0 aliphatic heterocycles. The number of para-hydroxylation sites is 1. The summed E-state index contributed by atoms with van der Waals surface area (Å²) in [5, 5.41) is 2.85. The number of amides is 1. The van der Waals surface area contributed by atoms with Gasteiger partial charge in [-0.25, -0.2) is 4.79 Å². The number of hydrogen-bond donors (Lipinski definition) is 1. The third kappa shape index (κ3) is 3.28. The summed E-state index contributed by atoms with van der Waals surface area (Å²) in [7, 11) is 1.30. The molecule has 1 amide bonds. The number of anilines is 1. The van der Waals surface area contributed by atoms with Gasteiger partial charge in [-0.3, -0.25) is 4.79 Å². The molecule has 2 rings (SSSR count). The Hall–Kier alpha value is -2.62. The van der Waals surface area contributed by atoms with Gasteiger partial charge in [-0.2, -0.15) is 0 Å². The van der Waals surface area contributed by atoms with Crippen LogP contribution in [0.5, 0.6) is 0 Å². The van der Waals surface area contributed by atoms with Crippen molar-refractivity contribution in [2.24, 2.45) is 0 Å². The first kappa shape index (κ1) is 14.8. The standard InChI is InChI=1S/C17H17NO3/c1-3-12-8-4-7-11-15(12)18-16(19)13-9-5-6-10-14(13)17(20)21-2/h4-11H,3H2,1-2H3,(H,18,19). The molecule has 1 N–H and O–H groups in total. The average Bonchev–Trinajstić information content (AvgIpc) is 2.54. The Morgan fingerprint density at radius 3 is 2.29 bits per heavy atom. The Labute approximate surface area is 123 Å². The number of rotatable bonds is 4. The van der Waals surface area contributed by atoms with Crippen molar-refractivity contribution >= 4 is 17.6 Å². The zero-order valence-corrected chi connectivity index (χ0v) is 12.1. The molecule has 0 aliphatic rings. The fourth-order valence-corrected chi connectivity index (χ4v) is 2.11. The molecule has 0 heterocycles. The van der Waals surface area contributed by atoms with E-state index in [1.165, 1.54) is 7.11 Å². The third-order valence-electron chi connectivity index (χ3n) is 3.22. The Kier molecular flexibility index (Phi) is 4.72. The minimum Gasteiger partial charge on any atom is -0.465 e. The Morgan fingerprint density at radius 2 is 1.62 bits per heavy atom. The maximum absolute atomic E-state index is 12.4. The van der Waals surface area contributed by atoms with Crippen molar-refractivity contribution in [3.05, 3.63) is 65.2 Å². The lowest BCUT2D eigenvalue weighted by Gasteiger charge is -2.11. The molecule has 0 fully saturated rings. The van der Waals surface area contributed by atoms with Crippen molar-refractivity contribution in [3.8, 4) is 0 Å². The van der Waals surface area contributed by atoms with Crippen LogP contribution in [0.3, 0.4) is 0 Å². The monoisotopic (exact) mass is 283 g/mol. The zero-order valence-electron chi connectivity index (χ0n) is 12.1. The molecule has 0 unspecified atom stereocenters. The summed E-state index contributed by atoms with van der Waals surface area (Å²) in [5.41, 5.74) is 2.35. The summed E-state index contributed by atoms with van der Waals surface area (Å²) in [4.78, 5) is 24.1. The number of methoxy groups -OCH3 is 1. The van der Waals surface area contributed by atoms with Gasteiger partial charge in [0, 0.05) is 5.69 Å². The highest BCUT2D eigenvalue weighted by Crippen LogP contribution is 2.18. The van der Waals surface area contributed by atoms with Gasteiger partial charge in [0.2, 0.25) is 0 Å². The van der Waals surface area contributed by atoms with Gasteiger partial charge < -0.3 is 10.1 Å². The molecular formula is C17H17NO3. The van der Waals surface area contributed by atoms with E-state index >= 15 is 0 Å². The summed E-state index contributed by atoms with van der Waals surface area (Å²) in [6.07, 6.45) is 0.815. The van der Waals surface area contributed by atoms with Crippen LogP contribution in [0.2, 0.25) is 0 Å². The van der Waals surface area contributed by atoms with Gasteiger partial charge in [0.15, 0.2) is 0 Å². The van der Waals surface area contributed by atoms with Crippen molar-refractivity contribution < 1.29 is 14.3 Å². The number of carbonyl (C=O) groups is 2. The predicted molar refractivity (Wildman–Crippen MR) is 81.6 cm³/mol. The van der Waals surface area contributed by atoms with Crippen molar-refractivity contribution in [2.45, 2.75) is 13.3 Å². The maximum atomic E-state index is 12.4. The minimum absolute atomic E-state index is 0.256. The normalized spacial score (nSPS) is 10.0. The summed E-state index contributed by atoms with van der Waals surface area (Å²) < 4.78 is 4.70. The largest absolute Gasteiger partial charge is 0.465 e. The number of benzene rings is 2. The molecule has 108 valence electrons. The fraction of sp³-hybridized carbons (Fsp3) is 0.176. The maximum Gasteiger partial charge on any atom is 0.338 e. The van der Waals surface area contributed by atoms with Crippen molar-refractivity contribution in [3.63, 3.8) is 0 Å². The van der Waals surface area contributed by atoms with Crippen LogP contribution in [0.4, 0.5) is 5.69 Å². The van der Waals surface area contributed by atoms with Crippen molar-refractivity contribution in [2.75, 3.05) is 12.4 Å². The molecule has 2 aromatic rings. The van der Waals surface area contributed by atoms with Crippen molar-refractivity contribution in [1.29, 1.82) is 0 Å². The SMILES string of the molecule is CCc1ccccc1NC(=O)c1ccccc1C(=O)OC. The van der Waals surface area contributed by atoms with Crippen molar-refractivity contribution in [1.82, 2.24) is 0 Å². The van der Waals surface area contributed by atoms with E-state index in [-0.39, 0.29) is 11.5 Å². The molecule has 0 saturated heterocycles. The number of aryl methyl sites for hydroxylation is 1. The number of esters is 1. The van der Waals surface area contributed by atoms with E-state index in [1.807, 2.05) is 31.2 Å². The second-order valence-corrected chi connectivity index (χ2v) is 4.50. The number of ether oxygens (including phenoxy) is 1. The van der Waals surface area contributed by atoms with Crippen LogP contribution in [0, 0.1) is 0 Å². The third-order valence-corrected chi connectivity index (χ3v) is 3.22. The molecule has 4 nitrogen and oxygen atoms in total. The first-order chi connectivity index (χ1) is 10.2. The molecule has 0 aliphatic carbocycles.